The van der Waals surface area contributed by atoms with Crippen molar-refractivity contribution >= 4 is 75.2 Å². The first kappa shape index (κ1) is 48.7. The molecule has 1 saturated heterocycles. The SMILES string of the molecule is CC(C)[C@H](NC(=O)[C@H](CCC(=O)O)NC(=O)[C@@H]1CCCN1C(=O)[C@H](Cc1c[nH]c2ccccc12)NC(=O)[C@@H](N)CC(=O)O)C(=O)N[C@@H](Cc1c[nH]c2ccccc12)C(=O)N[C@@H](C)C(=O)O. The van der Waals surface area contributed by atoms with Gasteiger partial charge in [0.15, 0.2) is 0 Å². The minimum Gasteiger partial charge on any atom is -0.481 e. The summed E-state index contributed by atoms with van der Waals surface area (Å²) in [5.41, 5.74) is 8.63. The van der Waals surface area contributed by atoms with Crippen LogP contribution in [0.25, 0.3) is 21.8 Å². The molecule has 65 heavy (non-hydrogen) atoms. The lowest BCUT2D eigenvalue weighted by atomic mass is 9.99. The number of hydrogen-bond acceptors (Lipinski definition) is 10. The Balaban J connectivity index is 1.34. The molecule has 2 aromatic carbocycles. The Hall–Kier alpha value is -7.29. The number of carboxylic acid groups (broad SMARTS) is 3. The van der Waals surface area contributed by atoms with Gasteiger partial charge in [0.1, 0.15) is 36.3 Å². The van der Waals surface area contributed by atoms with E-state index in [9.17, 15) is 58.5 Å². The molecule has 1 aliphatic heterocycles. The predicted octanol–water partition coefficient (Wildman–Crippen LogP) is 0.277. The van der Waals surface area contributed by atoms with Gasteiger partial charge >= 0.3 is 17.9 Å². The van der Waals surface area contributed by atoms with Gasteiger partial charge in [-0.05, 0) is 55.4 Å². The molecule has 21 nitrogen and oxygen atoms in total. The van der Waals surface area contributed by atoms with Gasteiger partial charge in [-0.3, -0.25) is 43.2 Å². The van der Waals surface area contributed by atoms with Crippen molar-refractivity contribution in [1.29, 1.82) is 0 Å². The lowest BCUT2D eigenvalue weighted by Crippen LogP contribution is -2.60. The average Bonchev–Trinajstić information content (AvgIpc) is 4.02. The Kier molecular flexibility index (Phi) is 16.4. The maximum absolute atomic E-state index is 14.3. The molecule has 6 amide bonds. The minimum atomic E-state index is -1.53. The molecular weight excluding hydrogens is 847 g/mol. The number of nitrogens with two attached hydrogens (primary N) is 1. The number of amides is 6. The van der Waals surface area contributed by atoms with E-state index in [0.717, 1.165) is 21.8 Å². The van der Waals surface area contributed by atoms with E-state index in [2.05, 4.69) is 36.6 Å². The largest absolute Gasteiger partial charge is 0.481 e. The second-order valence-corrected chi connectivity index (χ2v) is 16.4. The van der Waals surface area contributed by atoms with Gasteiger partial charge in [0.05, 0.1) is 12.5 Å². The third kappa shape index (κ3) is 12.7. The van der Waals surface area contributed by atoms with Crippen LogP contribution in [-0.2, 0) is 56.0 Å². The maximum atomic E-state index is 14.3. The van der Waals surface area contributed by atoms with Gasteiger partial charge in [-0.2, -0.15) is 0 Å². The molecular formula is C44H55N9O12. The fourth-order valence-electron chi connectivity index (χ4n) is 7.74. The highest BCUT2D eigenvalue weighted by Gasteiger charge is 2.40. The molecule has 0 radical (unpaired) electrons. The second-order valence-electron chi connectivity index (χ2n) is 16.4. The topological polar surface area (TPSA) is 335 Å². The third-order valence-corrected chi connectivity index (χ3v) is 11.3. The Labute approximate surface area is 372 Å². The Morgan fingerprint density at radius 1 is 0.692 bits per heavy atom. The summed E-state index contributed by atoms with van der Waals surface area (Å²) in [7, 11) is 0. The fraction of sp³-hybridized carbons (Fsp3) is 0.432. The van der Waals surface area contributed by atoms with E-state index < -0.39 is 121 Å². The smallest absolute Gasteiger partial charge is 0.325 e. The van der Waals surface area contributed by atoms with Crippen molar-refractivity contribution in [3.05, 3.63) is 72.1 Å². The highest BCUT2D eigenvalue weighted by molar-refractivity contribution is 5.98. The third-order valence-electron chi connectivity index (χ3n) is 11.3. The molecule has 5 rings (SSSR count). The number of H-pyrrole nitrogens is 2. The molecule has 348 valence electrons. The standard InChI is InChI=1S/C44H55N9O12/c1-22(2)37(42(62)50-32(40(60)48-23(3)44(64)65)17-24-20-46-29-11-6-4-9-26(24)29)52-39(59)31(14-15-35(54)55)49-41(61)34-13-8-16-53(34)43(63)33(51-38(58)28(45)19-36(56)57)18-25-21-47-30-12-7-5-10-27(25)30/h4-7,9-12,20-23,28,31-34,37,46-47H,8,13-19,45H2,1-3H3,(H,48,60)(H,49,61)(H,50,62)(H,51,58)(H,52,59)(H,54,55)(H,56,57)(H,64,65)/t23-,28-,31-,32-,33-,34-,37-/m0/s1. The summed E-state index contributed by atoms with van der Waals surface area (Å²) in [6, 6.07) is 5.00. The number of aromatic amines is 2. The Morgan fingerprint density at radius 3 is 1.80 bits per heavy atom. The van der Waals surface area contributed by atoms with Gasteiger partial charge in [-0.25, -0.2) is 0 Å². The van der Waals surface area contributed by atoms with Gasteiger partial charge in [0.25, 0.3) is 0 Å². The molecule has 0 aliphatic carbocycles. The van der Waals surface area contributed by atoms with E-state index in [1.54, 1.807) is 38.4 Å². The zero-order chi connectivity index (χ0) is 47.5. The van der Waals surface area contributed by atoms with Gasteiger partial charge in [0.2, 0.25) is 35.4 Å². The first-order valence-corrected chi connectivity index (χ1v) is 21.2. The number of nitrogens with zero attached hydrogens (tertiary/aromatic N) is 1. The van der Waals surface area contributed by atoms with Crippen LogP contribution in [0.2, 0.25) is 0 Å². The van der Waals surface area contributed by atoms with Gasteiger partial charge in [-0.1, -0.05) is 50.2 Å². The zero-order valence-electron chi connectivity index (χ0n) is 36.1. The number of fused-ring (bicyclic) bond motifs is 2. The molecule has 2 aromatic heterocycles. The molecule has 1 aliphatic rings. The fourth-order valence-corrected chi connectivity index (χ4v) is 7.74. The number of likely N-dealkylation sites (tertiary alicyclic amines) is 1. The number of benzene rings is 2. The van der Waals surface area contributed by atoms with Crippen molar-refractivity contribution in [2.45, 2.75) is 108 Å². The van der Waals surface area contributed by atoms with E-state index in [1.165, 1.54) is 11.8 Å². The van der Waals surface area contributed by atoms with E-state index in [1.807, 2.05) is 36.4 Å². The van der Waals surface area contributed by atoms with E-state index in [4.69, 9.17) is 5.73 Å². The van der Waals surface area contributed by atoms with Crippen LogP contribution in [0.1, 0.15) is 64.0 Å². The van der Waals surface area contributed by atoms with E-state index in [-0.39, 0.29) is 25.8 Å². The number of aromatic nitrogens is 2. The Morgan fingerprint density at radius 2 is 1.25 bits per heavy atom. The predicted molar refractivity (Wildman–Crippen MR) is 234 cm³/mol. The molecule has 0 unspecified atom stereocenters. The quantitative estimate of drug-likeness (QED) is 0.0506. The number of hydrogen-bond donors (Lipinski definition) is 11. The molecule has 0 spiro atoms. The van der Waals surface area contributed by atoms with Crippen LogP contribution < -0.4 is 32.3 Å². The number of carbonyl (C=O) groups is 9. The maximum Gasteiger partial charge on any atom is 0.325 e. The molecule has 1 fully saturated rings. The lowest BCUT2D eigenvalue weighted by molar-refractivity contribution is -0.143. The summed E-state index contributed by atoms with van der Waals surface area (Å²) in [6.45, 7) is 4.55. The first-order valence-electron chi connectivity index (χ1n) is 21.2. The molecule has 0 bridgehead atoms. The van der Waals surface area contributed by atoms with Gasteiger partial charge in [-0.15, -0.1) is 0 Å². The van der Waals surface area contributed by atoms with Crippen molar-refractivity contribution in [2.75, 3.05) is 6.54 Å². The molecule has 7 atom stereocenters. The van der Waals surface area contributed by atoms with Crippen LogP contribution >= 0.6 is 0 Å². The van der Waals surface area contributed by atoms with Crippen molar-refractivity contribution in [2.24, 2.45) is 11.7 Å². The number of carboxylic acids is 3. The van der Waals surface area contributed by atoms with Gasteiger partial charge in [0, 0.05) is 60.0 Å². The molecule has 4 aromatic rings. The summed E-state index contributed by atoms with van der Waals surface area (Å²) < 4.78 is 0. The molecule has 0 saturated carbocycles. The summed E-state index contributed by atoms with van der Waals surface area (Å²) in [5, 5.41) is 42.5. The van der Waals surface area contributed by atoms with Crippen molar-refractivity contribution in [3.63, 3.8) is 0 Å². The first-order chi connectivity index (χ1) is 30.8. The monoisotopic (exact) mass is 901 g/mol. The minimum absolute atomic E-state index is 0.0651. The second kappa shape index (κ2) is 21.9. The summed E-state index contributed by atoms with van der Waals surface area (Å²) in [4.78, 5) is 125. The van der Waals surface area contributed by atoms with Gasteiger partial charge < -0.3 is 62.5 Å². The summed E-state index contributed by atoms with van der Waals surface area (Å²) >= 11 is 0. The number of carbonyl (C=O) groups excluding carboxylic acids is 6. The molecule has 21 heteroatoms. The molecule has 3 heterocycles. The van der Waals surface area contributed by atoms with Crippen molar-refractivity contribution in [1.82, 2.24) is 41.5 Å². The summed E-state index contributed by atoms with van der Waals surface area (Å²) in [5.74, 6) is -9.50. The van der Waals surface area contributed by atoms with E-state index in [0.29, 0.717) is 17.5 Å². The number of nitrogens with one attached hydrogen (secondary N) is 7. The van der Waals surface area contributed by atoms with Crippen molar-refractivity contribution in [3.8, 4) is 0 Å². The van der Waals surface area contributed by atoms with Crippen LogP contribution in [0.5, 0.6) is 0 Å². The number of para-hydroxylation sites is 2. The van der Waals surface area contributed by atoms with Crippen LogP contribution in [-0.4, -0.2) is 132 Å². The number of rotatable bonds is 22. The highest BCUT2D eigenvalue weighted by atomic mass is 16.4. The van der Waals surface area contributed by atoms with E-state index >= 15 is 0 Å². The van der Waals surface area contributed by atoms with Crippen LogP contribution in [0.4, 0.5) is 0 Å². The zero-order valence-corrected chi connectivity index (χ0v) is 36.1. The normalized spacial score (nSPS) is 16.4. The molecule has 12 N–H and O–H groups in total. The number of aliphatic carboxylic acids is 3. The Bertz CT molecular complexity index is 2430. The average molecular weight is 902 g/mol. The lowest BCUT2D eigenvalue weighted by Gasteiger charge is -2.31. The van der Waals surface area contributed by atoms with Crippen LogP contribution in [0.15, 0.2) is 60.9 Å². The summed E-state index contributed by atoms with van der Waals surface area (Å²) in [6.07, 6.45) is 1.97. The van der Waals surface area contributed by atoms with Crippen LogP contribution in [0, 0.1) is 5.92 Å². The van der Waals surface area contributed by atoms with Crippen LogP contribution in [0.3, 0.4) is 0 Å². The van der Waals surface area contributed by atoms with Crippen molar-refractivity contribution < 1.29 is 58.5 Å². The highest BCUT2D eigenvalue weighted by Crippen LogP contribution is 2.24.